The fourth-order valence-electron chi connectivity index (χ4n) is 0.872. The number of nitrogens with zero attached hydrogens (tertiary/aromatic N) is 1. The van der Waals surface area contributed by atoms with Crippen LogP contribution in [0.1, 0.15) is 6.42 Å². The number of carbonyl (C=O) groups excluding carboxylic acids is 1. The molecule has 0 aliphatic heterocycles. The van der Waals surface area contributed by atoms with Gasteiger partial charge in [-0.05, 0) is 0 Å². The van der Waals surface area contributed by atoms with Crippen molar-refractivity contribution in [1.29, 1.82) is 0 Å². The third kappa shape index (κ3) is 1.98. The third-order valence-corrected chi connectivity index (χ3v) is 1.58. The highest BCUT2D eigenvalue weighted by Gasteiger charge is 1.99. The summed E-state index contributed by atoms with van der Waals surface area (Å²) in [5.41, 5.74) is -0.182. The third-order valence-electron chi connectivity index (χ3n) is 1.58. The van der Waals surface area contributed by atoms with E-state index in [1.165, 1.54) is 4.57 Å². The number of nitrogens with one attached hydrogen (secondary N) is 2. The lowest BCUT2D eigenvalue weighted by atomic mass is 10.4. The molecule has 1 aromatic rings. The van der Waals surface area contributed by atoms with Crippen molar-refractivity contribution in [2.45, 2.75) is 13.0 Å². The van der Waals surface area contributed by atoms with Crippen LogP contribution < -0.4 is 11.0 Å². The predicted octanol–water partition coefficient (Wildman–Crippen LogP) is -0.688. The number of aromatic nitrogens is 2. The van der Waals surface area contributed by atoms with Crippen LogP contribution in [0.4, 0.5) is 0 Å². The first-order valence-electron chi connectivity index (χ1n) is 3.68. The summed E-state index contributed by atoms with van der Waals surface area (Å²) in [4.78, 5) is 24.2. The van der Waals surface area contributed by atoms with Crippen LogP contribution in [0.2, 0.25) is 0 Å². The van der Waals surface area contributed by atoms with Crippen molar-refractivity contribution in [3.63, 3.8) is 0 Å². The molecule has 12 heavy (non-hydrogen) atoms. The van der Waals surface area contributed by atoms with Gasteiger partial charge in [0.25, 0.3) is 0 Å². The second-order valence-electron chi connectivity index (χ2n) is 2.38. The Morgan fingerprint density at radius 2 is 2.50 bits per heavy atom. The standard InChI is InChI=1S/C7H11N3O2/c1-8-6(11)2-4-10-5-3-9-7(10)12/h3,5H,2,4H2,1H3,(H,8,11)(H,9,12). The van der Waals surface area contributed by atoms with Gasteiger partial charge in [0.15, 0.2) is 0 Å². The summed E-state index contributed by atoms with van der Waals surface area (Å²) in [7, 11) is 1.57. The highest BCUT2D eigenvalue weighted by molar-refractivity contribution is 5.75. The average molecular weight is 169 g/mol. The minimum absolute atomic E-state index is 0.0666. The van der Waals surface area contributed by atoms with E-state index in [0.717, 1.165) is 0 Å². The molecule has 0 aliphatic carbocycles. The van der Waals surface area contributed by atoms with Crippen molar-refractivity contribution in [3.05, 3.63) is 22.9 Å². The Hall–Kier alpha value is -1.52. The molecule has 0 aromatic carbocycles. The number of H-pyrrole nitrogens is 1. The van der Waals surface area contributed by atoms with Gasteiger partial charge in [0, 0.05) is 32.4 Å². The first-order chi connectivity index (χ1) is 5.74. The van der Waals surface area contributed by atoms with Gasteiger partial charge in [-0.2, -0.15) is 0 Å². The van der Waals surface area contributed by atoms with Gasteiger partial charge in [0.05, 0.1) is 0 Å². The number of rotatable bonds is 3. The van der Waals surface area contributed by atoms with Crippen molar-refractivity contribution >= 4 is 5.91 Å². The summed E-state index contributed by atoms with van der Waals surface area (Å²) in [6.45, 7) is 0.419. The Morgan fingerprint density at radius 1 is 1.75 bits per heavy atom. The lowest BCUT2D eigenvalue weighted by Crippen LogP contribution is -2.23. The zero-order chi connectivity index (χ0) is 8.97. The normalized spacial score (nSPS) is 9.75. The molecule has 2 N–H and O–H groups in total. The van der Waals surface area contributed by atoms with Crippen LogP contribution in [0.3, 0.4) is 0 Å². The monoisotopic (exact) mass is 169 g/mol. The highest BCUT2D eigenvalue weighted by Crippen LogP contribution is 1.85. The maximum Gasteiger partial charge on any atom is 0.325 e. The largest absolute Gasteiger partial charge is 0.359 e. The number of carbonyl (C=O) groups is 1. The van der Waals surface area contributed by atoms with E-state index >= 15 is 0 Å². The molecule has 0 aliphatic rings. The van der Waals surface area contributed by atoms with Gasteiger partial charge in [-0.1, -0.05) is 0 Å². The number of aryl methyl sites for hydroxylation is 1. The Labute approximate surface area is 69.4 Å². The van der Waals surface area contributed by atoms with Gasteiger partial charge in [-0.15, -0.1) is 0 Å². The van der Waals surface area contributed by atoms with Gasteiger partial charge in [0.2, 0.25) is 5.91 Å². The maximum atomic E-state index is 10.9. The smallest absolute Gasteiger partial charge is 0.325 e. The van der Waals surface area contributed by atoms with Crippen LogP contribution in [-0.4, -0.2) is 22.5 Å². The van der Waals surface area contributed by atoms with E-state index in [0.29, 0.717) is 13.0 Å². The molecule has 0 fully saturated rings. The Kier molecular flexibility index (Phi) is 2.68. The molecule has 1 amide bonds. The molecule has 1 rings (SSSR count). The second kappa shape index (κ2) is 3.75. The van der Waals surface area contributed by atoms with Gasteiger partial charge in [-0.25, -0.2) is 4.79 Å². The van der Waals surface area contributed by atoms with E-state index in [2.05, 4.69) is 10.3 Å². The van der Waals surface area contributed by atoms with Gasteiger partial charge in [-0.3, -0.25) is 9.36 Å². The Bertz CT molecular complexity index is 312. The van der Waals surface area contributed by atoms with Crippen molar-refractivity contribution in [3.8, 4) is 0 Å². The Morgan fingerprint density at radius 3 is 3.00 bits per heavy atom. The van der Waals surface area contributed by atoms with Gasteiger partial charge >= 0.3 is 5.69 Å². The van der Waals surface area contributed by atoms with Crippen molar-refractivity contribution in [1.82, 2.24) is 14.9 Å². The molecule has 5 heteroatoms. The van der Waals surface area contributed by atoms with E-state index < -0.39 is 0 Å². The molecule has 0 saturated heterocycles. The number of aromatic amines is 1. The first-order valence-corrected chi connectivity index (χ1v) is 3.68. The van der Waals surface area contributed by atoms with Crippen LogP contribution >= 0.6 is 0 Å². The molecule has 0 unspecified atom stereocenters. The lowest BCUT2D eigenvalue weighted by molar-refractivity contribution is -0.120. The summed E-state index contributed by atoms with van der Waals surface area (Å²) in [6, 6.07) is 0. The van der Waals surface area contributed by atoms with Crippen LogP contribution in [-0.2, 0) is 11.3 Å². The summed E-state index contributed by atoms with van der Waals surface area (Å²) >= 11 is 0. The van der Waals surface area contributed by atoms with Crippen LogP contribution in [0.15, 0.2) is 17.2 Å². The van der Waals surface area contributed by atoms with Gasteiger partial charge in [0.1, 0.15) is 0 Å². The fraction of sp³-hybridized carbons (Fsp3) is 0.429. The molecule has 0 bridgehead atoms. The lowest BCUT2D eigenvalue weighted by Gasteiger charge is -1.98. The number of hydrogen-bond acceptors (Lipinski definition) is 2. The topological polar surface area (TPSA) is 66.9 Å². The summed E-state index contributed by atoms with van der Waals surface area (Å²) in [5.74, 6) is -0.0666. The quantitative estimate of drug-likeness (QED) is 0.629. The van der Waals surface area contributed by atoms with E-state index in [9.17, 15) is 9.59 Å². The molecule has 1 aromatic heterocycles. The molecule has 0 radical (unpaired) electrons. The minimum Gasteiger partial charge on any atom is -0.359 e. The molecule has 0 spiro atoms. The van der Waals surface area contributed by atoms with E-state index in [1.807, 2.05) is 0 Å². The summed E-state index contributed by atoms with van der Waals surface area (Å²) in [6.07, 6.45) is 3.49. The first kappa shape index (κ1) is 8.58. The van der Waals surface area contributed by atoms with E-state index in [1.54, 1.807) is 19.4 Å². The second-order valence-corrected chi connectivity index (χ2v) is 2.38. The molecule has 0 atom stereocenters. The summed E-state index contributed by atoms with van der Waals surface area (Å²) in [5, 5.41) is 2.48. The molecule has 66 valence electrons. The Balaban J connectivity index is 2.49. The van der Waals surface area contributed by atoms with E-state index in [4.69, 9.17) is 0 Å². The van der Waals surface area contributed by atoms with Crippen molar-refractivity contribution in [2.24, 2.45) is 0 Å². The maximum absolute atomic E-state index is 10.9. The molecular formula is C7H11N3O2. The zero-order valence-electron chi connectivity index (χ0n) is 6.83. The fourth-order valence-corrected chi connectivity index (χ4v) is 0.872. The highest BCUT2D eigenvalue weighted by atomic mass is 16.2. The molecule has 1 heterocycles. The van der Waals surface area contributed by atoms with E-state index in [-0.39, 0.29) is 11.6 Å². The van der Waals surface area contributed by atoms with Crippen LogP contribution in [0.5, 0.6) is 0 Å². The number of amides is 1. The molecule has 0 saturated carbocycles. The zero-order valence-corrected chi connectivity index (χ0v) is 6.83. The van der Waals surface area contributed by atoms with Crippen LogP contribution in [0.25, 0.3) is 0 Å². The van der Waals surface area contributed by atoms with Crippen molar-refractivity contribution < 1.29 is 4.79 Å². The SMILES string of the molecule is CNC(=O)CCn1cc[nH]c1=O. The molecule has 5 nitrogen and oxygen atoms in total. The summed E-state index contributed by atoms with van der Waals surface area (Å²) < 4.78 is 1.45. The van der Waals surface area contributed by atoms with Crippen LogP contribution in [0, 0.1) is 0 Å². The van der Waals surface area contributed by atoms with Gasteiger partial charge < -0.3 is 10.3 Å². The minimum atomic E-state index is -0.182. The molecular weight excluding hydrogens is 158 g/mol. The average Bonchev–Trinajstić information content (AvgIpc) is 2.47. The number of hydrogen-bond donors (Lipinski definition) is 2. The predicted molar refractivity (Wildman–Crippen MR) is 43.7 cm³/mol. The van der Waals surface area contributed by atoms with Crippen molar-refractivity contribution in [2.75, 3.05) is 7.05 Å². The number of imidazole rings is 1.